The first kappa shape index (κ1) is 26.7. The molecule has 2 atom stereocenters. The number of rotatable bonds is 9. The van der Waals surface area contributed by atoms with Crippen molar-refractivity contribution in [1.82, 2.24) is 0 Å². The number of halogens is 2. The Kier molecular flexibility index (Phi) is 8.15. The summed E-state index contributed by atoms with van der Waals surface area (Å²) in [5, 5.41) is 2.58. The molecule has 8 heteroatoms. The van der Waals surface area contributed by atoms with E-state index < -0.39 is 18.0 Å². The van der Waals surface area contributed by atoms with Gasteiger partial charge in [-0.2, -0.15) is 0 Å². The molecule has 198 valence electrons. The molecule has 0 spiro atoms. The van der Waals surface area contributed by atoms with Crippen LogP contribution < -0.4 is 9.64 Å². The summed E-state index contributed by atoms with van der Waals surface area (Å²) in [6, 6.07) is 27.3. The van der Waals surface area contributed by atoms with Crippen molar-refractivity contribution in [2.45, 2.75) is 18.9 Å². The number of esters is 1. The van der Waals surface area contributed by atoms with Crippen molar-refractivity contribution in [1.29, 1.82) is 0 Å². The fourth-order valence-corrected chi connectivity index (χ4v) is 4.92. The molecule has 0 aliphatic carbocycles. The third-order valence-corrected chi connectivity index (χ3v) is 7.11. The minimum atomic E-state index is -1.04. The summed E-state index contributed by atoms with van der Waals surface area (Å²) < 4.78 is 11.7. The molecule has 0 saturated carbocycles. The second kappa shape index (κ2) is 11.9. The number of carbonyl (C=O) groups excluding carboxylic acids is 3. The average molecular weight is 562 g/mol. The maximum atomic E-state index is 13.0. The normalized spacial score (nSPS) is 15.8. The topological polar surface area (TPSA) is 72.9 Å². The van der Waals surface area contributed by atoms with Crippen molar-refractivity contribution in [3.8, 4) is 11.5 Å². The highest BCUT2D eigenvalue weighted by atomic mass is 35.5. The lowest BCUT2D eigenvalue weighted by atomic mass is 10.0. The molecule has 39 heavy (non-hydrogen) atoms. The maximum absolute atomic E-state index is 13.0. The fraction of sp³-hybridized carbons (Fsp3) is 0.194. The Labute approximate surface area is 236 Å². The van der Waals surface area contributed by atoms with Crippen molar-refractivity contribution >= 4 is 57.3 Å². The van der Waals surface area contributed by atoms with Gasteiger partial charge in [-0.1, -0.05) is 48.0 Å². The number of amides is 1. The molecule has 0 aromatic heterocycles. The molecular formula is C31H25Cl2NO5. The van der Waals surface area contributed by atoms with Crippen LogP contribution in [0.1, 0.15) is 23.2 Å². The largest absolute Gasteiger partial charge is 0.457 e. The zero-order valence-electron chi connectivity index (χ0n) is 20.9. The predicted octanol–water partition coefficient (Wildman–Crippen LogP) is 7.06. The summed E-state index contributed by atoms with van der Waals surface area (Å²) in [6.45, 7) is 0.157. The molecule has 0 unspecified atom stereocenters. The van der Waals surface area contributed by atoms with Crippen molar-refractivity contribution in [3.63, 3.8) is 0 Å². The molecular weight excluding hydrogens is 537 g/mol. The lowest BCUT2D eigenvalue weighted by molar-refractivity contribution is -0.151. The Morgan fingerprint density at radius 1 is 0.923 bits per heavy atom. The number of benzene rings is 4. The van der Waals surface area contributed by atoms with Gasteiger partial charge in [0.1, 0.15) is 11.5 Å². The highest BCUT2D eigenvalue weighted by Crippen LogP contribution is 2.32. The summed E-state index contributed by atoms with van der Waals surface area (Å²) in [4.78, 5) is 40.2. The summed E-state index contributed by atoms with van der Waals surface area (Å²) in [5.74, 6) is -0.344. The maximum Gasteiger partial charge on any atom is 0.312 e. The van der Waals surface area contributed by atoms with Gasteiger partial charge >= 0.3 is 5.97 Å². The lowest BCUT2D eigenvalue weighted by Crippen LogP contribution is -2.32. The van der Waals surface area contributed by atoms with Gasteiger partial charge in [0.15, 0.2) is 6.10 Å². The van der Waals surface area contributed by atoms with Gasteiger partial charge in [-0.05, 0) is 60.0 Å². The molecule has 1 amide bonds. The van der Waals surface area contributed by atoms with Gasteiger partial charge in [-0.25, -0.2) is 0 Å². The fourth-order valence-electron chi connectivity index (χ4n) is 4.60. The van der Waals surface area contributed by atoms with Gasteiger partial charge < -0.3 is 14.4 Å². The number of alkyl halides is 1. The molecule has 4 aromatic carbocycles. The molecule has 1 aliphatic rings. The van der Waals surface area contributed by atoms with Crippen LogP contribution in [0.25, 0.3) is 10.8 Å². The molecule has 0 bridgehead atoms. The van der Waals surface area contributed by atoms with E-state index in [2.05, 4.69) is 0 Å². The van der Waals surface area contributed by atoms with Crippen molar-refractivity contribution in [2.75, 3.05) is 17.3 Å². The zero-order valence-corrected chi connectivity index (χ0v) is 22.4. The monoisotopic (exact) mass is 561 g/mol. The smallest absolute Gasteiger partial charge is 0.312 e. The first-order valence-corrected chi connectivity index (χ1v) is 13.5. The molecule has 4 aromatic rings. The van der Waals surface area contributed by atoms with Crippen LogP contribution in [-0.2, 0) is 14.3 Å². The van der Waals surface area contributed by atoms with E-state index >= 15 is 0 Å². The van der Waals surface area contributed by atoms with Gasteiger partial charge in [0.05, 0.1) is 5.92 Å². The highest BCUT2D eigenvalue weighted by Gasteiger charge is 2.38. The number of ketones is 1. The quantitative estimate of drug-likeness (QED) is 0.124. The third-order valence-electron chi connectivity index (χ3n) is 6.64. The second-order valence-electron chi connectivity index (χ2n) is 9.25. The van der Waals surface area contributed by atoms with Crippen LogP contribution in [0.2, 0.25) is 5.02 Å². The number of carbonyl (C=O) groups is 3. The van der Waals surface area contributed by atoms with Crippen LogP contribution in [0.4, 0.5) is 5.69 Å². The molecule has 0 radical (unpaired) electrons. The van der Waals surface area contributed by atoms with Crippen LogP contribution >= 0.6 is 23.2 Å². The Morgan fingerprint density at radius 3 is 2.38 bits per heavy atom. The number of fused-ring (bicyclic) bond motifs is 1. The van der Waals surface area contributed by atoms with Gasteiger partial charge in [0.2, 0.25) is 11.7 Å². The van der Waals surface area contributed by atoms with Crippen molar-refractivity contribution in [3.05, 3.63) is 102 Å². The minimum absolute atomic E-state index is 0.00415. The first-order chi connectivity index (χ1) is 18.9. The Balaban J connectivity index is 1.24. The Morgan fingerprint density at radius 2 is 1.64 bits per heavy atom. The Hall–Kier alpha value is -3.87. The molecule has 1 heterocycles. The van der Waals surface area contributed by atoms with Gasteiger partial charge in [0, 0.05) is 46.9 Å². The summed E-state index contributed by atoms with van der Waals surface area (Å²) in [6.07, 6.45) is -0.876. The van der Waals surface area contributed by atoms with E-state index in [1.807, 2.05) is 42.5 Å². The van der Waals surface area contributed by atoms with E-state index in [0.29, 0.717) is 22.0 Å². The van der Waals surface area contributed by atoms with Crippen LogP contribution in [0, 0.1) is 5.92 Å². The number of Topliss-reactive ketones (excluding diaryl/α,β-unsaturated/α-hetero) is 1. The van der Waals surface area contributed by atoms with E-state index in [1.54, 1.807) is 53.4 Å². The third kappa shape index (κ3) is 6.08. The van der Waals surface area contributed by atoms with Crippen molar-refractivity contribution in [2.24, 2.45) is 5.92 Å². The Bertz CT molecular complexity index is 1500. The van der Waals surface area contributed by atoms with Gasteiger partial charge in [-0.15, -0.1) is 11.6 Å². The highest BCUT2D eigenvalue weighted by molar-refractivity contribution is 6.30. The van der Waals surface area contributed by atoms with Gasteiger partial charge in [-0.3, -0.25) is 14.4 Å². The van der Waals surface area contributed by atoms with Crippen LogP contribution in [0.3, 0.4) is 0 Å². The molecule has 5 rings (SSSR count). The minimum Gasteiger partial charge on any atom is -0.457 e. The van der Waals surface area contributed by atoms with E-state index in [9.17, 15) is 14.4 Å². The average Bonchev–Trinajstić information content (AvgIpc) is 3.35. The summed E-state index contributed by atoms with van der Waals surface area (Å²) in [5.41, 5.74) is 1.02. The zero-order chi connectivity index (χ0) is 27.4. The number of hydrogen-bond donors (Lipinski definition) is 0. The molecule has 1 saturated heterocycles. The predicted molar refractivity (Wildman–Crippen MR) is 152 cm³/mol. The van der Waals surface area contributed by atoms with Gasteiger partial charge in [0.25, 0.3) is 0 Å². The number of anilines is 1. The van der Waals surface area contributed by atoms with Crippen LogP contribution in [-0.4, -0.2) is 36.2 Å². The molecule has 0 N–H and O–H groups in total. The standard InChI is InChI=1S/C31H25Cl2NO5/c32-17-16-28(30(36)21-8-10-23(33)11-9-21)39-31(37)22-18-29(35)34(19-22)24-12-14-25(15-13-24)38-27-7-3-5-20-4-1-2-6-26(20)27/h1-15,22,28H,16-19H2/t22-,28-/m0/s1. The van der Waals surface area contributed by atoms with E-state index in [1.165, 1.54) is 0 Å². The lowest BCUT2D eigenvalue weighted by Gasteiger charge is -2.19. The molecule has 1 aliphatic heterocycles. The second-order valence-corrected chi connectivity index (χ2v) is 10.1. The van der Waals surface area contributed by atoms with Crippen LogP contribution in [0.15, 0.2) is 91.0 Å². The summed E-state index contributed by atoms with van der Waals surface area (Å²) in [7, 11) is 0. The first-order valence-electron chi connectivity index (χ1n) is 12.5. The van der Waals surface area contributed by atoms with Crippen molar-refractivity contribution < 1.29 is 23.9 Å². The summed E-state index contributed by atoms with van der Waals surface area (Å²) >= 11 is 11.8. The molecule has 1 fully saturated rings. The van der Waals surface area contributed by atoms with E-state index in [4.69, 9.17) is 32.7 Å². The van der Waals surface area contributed by atoms with E-state index in [-0.39, 0.29) is 37.0 Å². The van der Waals surface area contributed by atoms with Crippen LogP contribution in [0.5, 0.6) is 11.5 Å². The molecule has 6 nitrogen and oxygen atoms in total. The number of ether oxygens (including phenoxy) is 2. The number of nitrogens with zero attached hydrogens (tertiary/aromatic N) is 1. The van der Waals surface area contributed by atoms with E-state index in [0.717, 1.165) is 16.5 Å². The SMILES string of the molecule is O=C(O[C@@H](CCCl)C(=O)c1ccc(Cl)cc1)[C@H]1CC(=O)N(c2ccc(Oc3cccc4ccccc34)cc2)C1. The number of hydrogen-bond acceptors (Lipinski definition) is 5.